The van der Waals surface area contributed by atoms with Gasteiger partial charge in [-0.2, -0.15) is 0 Å². The van der Waals surface area contributed by atoms with Crippen LogP contribution in [0.15, 0.2) is 23.2 Å². The van der Waals surface area contributed by atoms with E-state index in [1.54, 1.807) is 14.2 Å². The van der Waals surface area contributed by atoms with Crippen molar-refractivity contribution in [2.75, 3.05) is 14.2 Å². The molecule has 0 saturated heterocycles. The van der Waals surface area contributed by atoms with Gasteiger partial charge < -0.3 is 20.5 Å². The predicted octanol–water partition coefficient (Wildman–Crippen LogP) is 2.52. The molecule has 3 N–H and O–H groups in total. The zero-order valence-electron chi connectivity index (χ0n) is 12.7. The maximum atomic E-state index is 5.82. The van der Waals surface area contributed by atoms with Crippen molar-refractivity contribution in [1.29, 1.82) is 0 Å². The lowest BCUT2D eigenvalue weighted by Crippen LogP contribution is -2.44. The number of aliphatic imine (C=N–C) groups is 1. The van der Waals surface area contributed by atoms with Crippen LogP contribution in [0.5, 0.6) is 11.5 Å². The van der Waals surface area contributed by atoms with Crippen molar-refractivity contribution in [2.24, 2.45) is 10.7 Å². The van der Waals surface area contributed by atoms with E-state index in [0.29, 0.717) is 24.0 Å². The Labute approximate surface area is 138 Å². The summed E-state index contributed by atoms with van der Waals surface area (Å²) >= 11 is 0. The Morgan fingerprint density at radius 2 is 1.80 bits per heavy atom. The third-order valence-electron chi connectivity index (χ3n) is 2.38. The lowest BCUT2D eigenvalue weighted by Gasteiger charge is -2.21. The Morgan fingerprint density at radius 3 is 2.30 bits per heavy atom. The fourth-order valence-electron chi connectivity index (χ4n) is 1.58. The standard InChI is InChI=1S/C14H23N3O2.HI/c1-14(2,3)17-13(15)16-9-10-6-7-11(18-4)12(8-10)19-5;/h6-8H,9H2,1-5H3,(H3,15,16,17);1H. The summed E-state index contributed by atoms with van der Waals surface area (Å²) < 4.78 is 10.4. The van der Waals surface area contributed by atoms with Gasteiger partial charge in [0.05, 0.1) is 20.8 Å². The average molecular weight is 393 g/mol. The summed E-state index contributed by atoms with van der Waals surface area (Å²) in [6.07, 6.45) is 0. The second-order valence-electron chi connectivity index (χ2n) is 5.27. The van der Waals surface area contributed by atoms with Crippen LogP contribution in [0.2, 0.25) is 0 Å². The van der Waals surface area contributed by atoms with Crippen molar-refractivity contribution in [3.63, 3.8) is 0 Å². The Morgan fingerprint density at radius 1 is 1.20 bits per heavy atom. The molecule has 0 atom stereocenters. The predicted molar refractivity (Wildman–Crippen MR) is 93.2 cm³/mol. The van der Waals surface area contributed by atoms with Crippen LogP contribution in [-0.2, 0) is 6.54 Å². The second-order valence-corrected chi connectivity index (χ2v) is 5.27. The molecule has 6 heteroatoms. The molecule has 1 aromatic carbocycles. The van der Waals surface area contributed by atoms with Gasteiger partial charge in [-0.1, -0.05) is 6.07 Å². The first-order chi connectivity index (χ1) is 8.85. The van der Waals surface area contributed by atoms with Crippen LogP contribution in [0.1, 0.15) is 26.3 Å². The molecule has 0 bridgehead atoms. The van der Waals surface area contributed by atoms with Crippen LogP contribution in [0.4, 0.5) is 0 Å². The van der Waals surface area contributed by atoms with Crippen LogP contribution in [0.3, 0.4) is 0 Å². The van der Waals surface area contributed by atoms with E-state index < -0.39 is 0 Å². The highest BCUT2D eigenvalue weighted by Gasteiger charge is 2.10. The molecule has 1 aromatic rings. The molecule has 1 rings (SSSR count). The summed E-state index contributed by atoms with van der Waals surface area (Å²) in [5, 5.41) is 3.11. The summed E-state index contributed by atoms with van der Waals surface area (Å²) in [5.41, 5.74) is 6.74. The molecule has 114 valence electrons. The van der Waals surface area contributed by atoms with Gasteiger partial charge in [-0.15, -0.1) is 24.0 Å². The summed E-state index contributed by atoms with van der Waals surface area (Å²) in [5.74, 6) is 1.83. The van der Waals surface area contributed by atoms with E-state index in [-0.39, 0.29) is 29.5 Å². The Balaban J connectivity index is 0.00000361. The average Bonchev–Trinajstić information content (AvgIpc) is 2.33. The Hall–Kier alpha value is -1.18. The molecule has 0 aliphatic heterocycles. The van der Waals surface area contributed by atoms with E-state index in [0.717, 1.165) is 5.56 Å². The molecule has 0 heterocycles. The number of rotatable bonds is 4. The summed E-state index contributed by atoms with van der Waals surface area (Å²) in [6.45, 7) is 6.60. The first-order valence-corrected chi connectivity index (χ1v) is 6.14. The molecule has 0 fully saturated rings. The molecule has 0 spiro atoms. The fraction of sp³-hybridized carbons (Fsp3) is 0.500. The summed E-state index contributed by atoms with van der Waals surface area (Å²) in [4.78, 5) is 4.30. The van der Waals surface area contributed by atoms with Gasteiger partial charge in [0.1, 0.15) is 0 Å². The van der Waals surface area contributed by atoms with Crippen LogP contribution in [-0.4, -0.2) is 25.7 Å². The molecule has 0 aliphatic rings. The number of guanidine groups is 1. The van der Waals surface area contributed by atoms with E-state index in [1.165, 1.54) is 0 Å². The molecule has 20 heavy (non-hydrogen) atoms. The first-order valence-electron chi connectivity index (χ1n) is 6.14. The Bertz CT molecular complexity index is 456. The van der Waals surface area contributed by atoms with Crippen molar-refractivity contribution in [3.8, 4) is 11.5 Å². The maximum absolute atomic E-state index is 5.82. The molecule has 0 aromatic heterocycles. The molecular weight excluding hydrogens is 369 g/mol. The zero-order chi connectivity index (χ0) is 14.5. The van der Waals surface area contributed by atoms with Crippen molar-refractivity contribution >= 4 is 29.9 Å². The van der Waals surface area contributed by atoms with E-state index in [2.05, 4.69) is 10.3 Å². The van der Waals surface area contributed by atoms with Crippen molar-refractivity contribution < 1.29 is 9.47 Å². The van der Waals surface area contributed by atoms with Gasteiger partial charge in [0, 0.05) is 5.54 Å². The van der Waals surface area contributed by atoms with Gasteiger partial charge in [-0.3, -0.25) is 0 Å². The highest BCUT2D eigenvalue weighted by Crippen LogP contribution is 2.27. The van der Waals surface area contributed by atoms with Gasteiger partial charge in [-0.05, 0) is 38.5 Å². The third-order valence-corrected chi connectivity index (χ3v) is 2.38. The smallest absolute Gasteiger partial charge is 0.189 e. The van der Waals surface area contributed by atoms with E-state index >= 15 is 0 Å². The van der Waals surface area contributed by atoms with Crippen molar-refractivity contribution in [1.82, 2.24) is 5.32 Å². The molecule has 0 aliphatic carbocycles. The largest absolute Gasteiger partial charge is 0.493 e. The van der Waals surface area contributed by atoms with Crippen LogP contribution >= 0.6 is 24.0 Å². The molecule has 5 nitrogen and oxygen atoms in total. The normalized spacial score (nSPS) is 11.6. The van der Waals surface area contributed by atoms with E-state index in [1.807, 2.05) is 39.0 Å². The third kappa shape index (κ3) is 6.31. The maximum Gasteiger partial charge on any atom is 0.189 e. The van der Waals surface area contributed by atoms with Gasteiger partial charge in [0.2, 0.25) is 0 Å². The van der Waals surface area contributed by atoms with E-state index in [9.17, 15) is 0 Å². The topological polar surface area (TPSA) is 68.9 Å². The monoisotopic (exact) mass is 393 g/mol. The lowest BCUT2D eigenvalue weighted by molar-refractivity contribution is 0.354. The molecule has 0 radical (unpaired) electrons. The number of halogens is 1. The SMILES string of the molecule is COc1ccc(CN=C(N)NC(C)(C)C)cc1OC.I. The van der Waals surface area contributed by atoms with Crippen LogP contribution in [0, 0.1) is 0 Å². The zero-order valence-corrected chi connectivity index (χ0v) is 15.0. The van der Waals surface area contributed by atoms with Crippen molar-refractivity contribution in [3.05, 3.63) is 23.8 Å². The van der Waals surface area contributed by atoms with E-state index in [4.69, 9.17) is 15.2 Å². The number of hydrogen-bond acceptors (Lipinski definition) is 3. The number of methoxy groups -OCH3 is 2. The highest BCUT2D eigenvalue weighted by atomic mass is 127. The minimum Gasteiger partial charge on any atom is -0.493 e. The van der Waals surface area contributed by atoms with Gasteiger partial charge in [0.15, 0.2) is 17.5 Å². The van der Waals surface area contributed by atoms with Gasteiger partial charge in [0.25, 0.3) is 0 Å². The summed E-state index contributed by atoms with van der Waals surface area (Å²) in [6, 6.07) is 5.69. The van der Waals surface area contributed by atoms with Crippen LogP contribution in [0.25, 0.3) is 0 Å². The fourth-order valence-corrected chi connectivity index (χ4v) is 1.58. The molecule has 0 amide bonds. The number of benzene rings is 1. The van der Waals surface area contributed by atoms with Crippen molar-refractivity contribution in [2.45, 2.75) is 32.9 Å². The number of nitrogens with zero attached hydrogens (tertiary/aromatic N) is 1. The van der Waals surface area contributed by atoms with Crippen LogP contribution < -0.4 is 20.5 Å². The highest BCUT2D eigenvalue weighted by molar-refractivity contribution is 14.0. The number of nitrogens with two attached hydrogens (primary N) is 1. The Kier molecular flexibility index (Phi) is 7.70. The quantitative estimate of drug-likeness (QED) is 0.469. The second kappa shape index (κ2) is 8.18. The number of ether oxygens (including phenoxy) is 2. The molecular formula is C14H24IN3O2. The number of hydrogen-bond donors (Lipinski definition) is 2. The first kappa shape index (κ1) is 18.8. The minimum absolute atomic E-state index is 0. The molecule has 0 saturated carbocycles. The molecule has 0 unspecified atom stereocenters. The number of nitrogens with one attached hydrogen (secondary N) is 1. The summed E-state index contributed by atoms with van der Waals surface area (Å²) in [7, 11) is 3.22. The van der Waals surface area contributed by atoms with Gasteiger partial charge in [-0.25, -0.2) is 4.99 Å². The van der Waals surface area contributed by atoms with Gasteiger partial charge >= 0.3 is 0 Å². The lowest BCUT2D eigenvalue weighted by atomic mass is 10.1. The minimum atomic E-state index is -0.0921.